The Hall–Kier alpha value is -2.57. The number of halogens is 3. The molecule has 1 atom stereocenters. The van der Waals surface area contributed by atoms with Gasteiger partial charge >= 0.3 is 0 Å². The summed E-state index contributed by atoms with van der Waals surface area (Å²) in [5.41, 5.74) is 6.65. The Balaban J connectivity index is 0.00000300. The second-order valence-corrected chi connectivity index (χ2v) is 7.87. The molecule has 1 fully saturated rings. The topological polar surface area (TPSA) is 108 Å². The summed E-state index contributed by atoms with van der Waals surface area (Å²) in [5, 5.41) is 11.9. The van der Waals surface area contributed by atoms with Crippen LogP contribution in [0.3, 0.4) is 0 Å². The molecule has 1 aromatic carbocycles. The maximum atomic E-state index is 14.4. The maximum Gasteiger partial charge on any atom is 0.267 e. The molecule has 0 saturated carbocycles. The zero-order chi connectivity index (χ0) is 20.5. The molecule has 3 rings (SSSR count). The van der Waals surface area contributed by atoms with E-state index in [9.17, 15) is 18.8 Å². The largest absolute Gasteiger partial charge is 0.362 e. The van der Waals surface area contributed by atoms with E-state index in [2.05, 4.69) is 15.3 Å². The first-order chi connectivity index (χ1) is 13.1. The van der Waals surface area contributed by atoms with E-state index in [0.717, 1.165) is 0 Å². The van der Waals surface area contributed by atoms with E-state index >= 15 is 0 Å². The number of hydrogen-bond donors (Lipinski definition) is 2. The van der Waals surface area contributed by atoms with Crippen molar-refractivity contribution in [3.63, 3.8) is 0 Å². The molecule has 1 aliphatic heterocycles. The fraction of sp³-hybridized carbons (Fsp3) is 0.474. The average Bonchev–Trinajstić information content (AvgIpc) is 2.57. The van der Waals surface area contributed by atoms with Gasteiger partial charge in [0.15, 0.2) is 0 Å². The minimum atomic E-state index is -2.99. The molecular weight excluding hydrogens is 402 g/mol. The van der Waals surface area contributed by atoms with Crippen LogP contribution in [0.15, 0.2) is 24.5 Å². The van der Waals surface area contributed by atoms with Gasteiger partial charge < -0.3 is 16.0 Å². The highest BCUT2D eigenvalue weighted by molar-refractivity contribution is 5.92. The number of piperidine rings is 1. The lowest BCUT2D eigenvalue weighted by Gasteiger charge is -2.39. The van der Waals surface area contributed by atoms with Crippen LogP contribution in [0.2, 0.25) is 0 Å². The SMILES string of the molecule is CC(C)(N)CC(=O)NC1CN(c2ccc(C#N)c3nccnc23)CC(F)(F)C1.Cl. The van der Waals surface area contributed by atoms with Crippen molar-refractivity contribution in [2.75, 3.05) is 18.0 Å². The Bertz CT molecular complexity index is 940. The van der Waals surface area contributed by atoms with Crippen molar-refractivity contribution >= 4 is 35.0 Å². The average molecular weight is 425 g/mol. The minimum Gasteiger partial charge on any atom is -0.362 e. The molecular formula is C19H23ClF2N6O. The third kappa shape index (κ3) is 5.49. The standard InChI is InChI=1S/C19H22F2N6O.ClH/c1-18(2,23)8-15(28)26-13-7-19(20,21)11-27(10-13)14-4-3-12(9-22)16-17(14)25-6-5-24-16;/h3-6,13H,7-8,10-11,23H2,1-2H3,(H,26,28);1H. The molecule has 1 unspecified atom stereocenters. The highest BCUT2D eigenvalue weighted by atomic mass is 35.5. The van der Waals surface area contributed by atoms with Crippen molar-refractivity contribution in [1.82, 2.24) is 15.3 Å². The minimum absolute atomic E-state index is 0. The summed E-state index contributed by atoms with van der Waals surface area (Å²) >= 11 is 0. The molecule has 2 heterocycles. The van der Waals surface area contributed by atoms with Crippen LogP contribution in [0.5, 0.6) is 0 Å². The number of nitriles is 1. The van der Waals surface area contributed by atoms with Gasteiger partial charge in [0.2, 0.25) is 5.91 Å². The van der Waals surface area contributed by atoms with Crippen LogP contribution in [0, 0.1) is 11.3 Å². The van der Waals surface area contributed by atoms with Crippen molar-refractivity contribution in [2.24, 2.45) is 5.73 Å². The van der Waals surface area contributed by atoms with Crippen LogP contribution in [0.1, 0.15) is 32.3 Å². The lowest BCUT2D eigenvalue weighted by Crippen LogP contribution is -2.56. The Labute approximate surface area is 173 Å². The van der Waals surface area contributed by atoms with E-state index in [4.69, 9.17) is 5.73 Å². The summed E-state index contributed by atoms with van der Waals surface area (Å²) in [6, 6.07) is 4.44. The van der Waals surface area contributed by atoms with E-state index < -0.39 is 30.5 Å². The molecule has 0 radical (unpaired) electrons. The Kier molecular flexibility index (Phi) is 6.60. The first kappa shape index (κ1) is 22.7. The van der Waals surface area contributed by atoms with Gasteiger partial charge in [0.05, 0.1) is 23.8 Å². The highest BCUT2D eigenvalue weighted by Gasteiger charge is 2.41. The van der Waals surface area contributed by atoms with E-state index in [1.807, 2.05) is 6.07 Å². The molecule has 0 aliphatic carbocycles. The van der Waals surface area contributed by atoms with Crippen molar-refractivity contribution in [3.8, 4) is 6.07 Å². The molecule has 1 aromatic heterocycles. The third-order valence-electron chi connectivity index (χ3n) is 4.45. The van der Waals surface area contributed by atoms with Gasteiger partial charge in [0.25, 0.3) is 5.92 Å². The number of alkyl halides is 2. The predicted molar refractivity (Wildman–Crippen MR) is 108 cm³/mol. The molecule has 3 N–H and O–H groups in total. The quantitative estimate of drug-likeness (QED) is 0.780. The fourth-order valence-corrected chi connectivity index (χ4v) is 3.46. The van der Waals surface area contributed by atoms with Gasteiger partial charge in [-0.05, 0) is 26.0 Å². The summed E-state index contributed by atoms with van der Waals surface area (Å²) in [4.78, 5) is 22.1. The van der Waals surface area contributed by atoms with Crippen molar-refractivity contribution < 1.29 is 13.6 Å². The number of benzene rings is 1. The number of nitrogens with one attached hydrogen (secondary N) is 1. The molecule has 1 aliphatic rings. The van der Waals surface area contributed by atoms with Gasteiger partial charge in [-0.15, -0.1) is 12.4 Å². The molecule has 1 amide bonds. The summed E-state index contributed by atoms with van der Waals surface area (Å²) < 4.78 is 28.8. The molecule has 1 saturated heterocycles. The van der Waals surface area contributed by atoms with E-state index in [1.54, 1.807) is 26.0 Å². The molecule has 2 aromatic rings. The van der Waals surface area contributed by atoms with Crippen LogP contribution in [0.4, 0.5) is 14.5 Å². The van der Waals surface area contributed by atoms with Crippen molar-refractivity contribution in [3.05, 3.63) is 30.1 Å². The van der Waals surface area contributed by atoms with Crippen LogP contribution in [-0.4, -0.2) is 46.5 Å². The summed E-state index contributed by atoms with van der Waals surface area (Å²) in [6.45, 7) is 3.11. The van der Waals surface area contributed by atoms with Crippen LogP contribution < -0.4 is 16.0 Å². The van der Waals surface area contributed by atoms with Gasteiger partial charge in [-0.3, -0.25) is 14.8 Å². The smallest absolute Gasteiger partial charge is 0.267 e. The van der Waals surface area contributed by atoms with Gasteiger partial charge in [-0.2, -0.15) is 5.26 Å². The number of anilines is 1. The van der Waals surface area contributed by atoms with Gasteiger partial charge in [0, 0.05) is 37.3 Å². The van der Waals surface area contributed by atoms with Gasteiger partial charge in [0.1, 0.15) is 17.1 Å². The number of nitrogens with zero attached hydrogens (tertiary/aromatic N) is 4. The third-order valence-corrected chi connectivity index (χ3v) is 4.45. The number of nitrogens with two attached hydrogens (primary N) is 1. The van der Waals surface area contributed by atoms with Crippen molar-refractivity contribution in [1.29, 1.82) is 5.26 Å². The predicted octanol–water partition coefficient (Wildman–Crippen LogP) is 2.38. The lowest BCUT2D eigenvalue weighted by atomic mass is 9.98. The molecule has 29 heavy (non-hydrogen) atoms. The van der Waals surface area contributed by atoms with Crippen LogP contribution in [-0.2, 0) is 4.79 Å². The second kappa shape index (κ2) is 8.43. The first-order valence-corrected chi connectivity index (χ1v) is 8.93. The zero-order valence-electron chi connectivity index (χ0n) is 16.2. The van der Waals surface area contributed by atoms with Gasteiger partial charge in [-0.25, -0.2) is 8.78 Å². The van der Waals surface area contributed by atoms with E-state index in [-0.39, 0.29) is 31.3 Å². The Morgan fingerprint density at radius 2 is 2.03 bits per heavy atom. The summed E-state index contributed by atoms with van der Waals surface area (Å²) in [7, 11) is 0. The Morgan fingerprint density at radius 3 is 2.66 bits per heavy atom. The molecule has 10 heteroatoms. The molecule has 7 nitrogen and oxygen atoms in total. The fourth-order valence-electron chi connectivity index (χ4n) is 3.46. The van der Waals surface area contributed by atoms with Crippen molar-refractivity contribution in [2.45, 2.75) is 44.2 Å². The number of rotatable bonds is 4. The first-order valence-electron chi connectivity index (χ1n) is 8.93. The second-order valence-electron chi connectivity index (χ2n) is 7.87. The van der Waals surface area contributed by atoms with Crippen LogP contribution >= 0.6 is 12.4 Å². The number of carbonyl (C=O) groups excluding carboxylic acids is 1. The molecule has 156 valence electrons. The van der Waals surface area contributed by atoms with Gasteiger partial charge in [-0.1, -0.05) is 0 Å². The number of hydrogen-bond acceptors (Lipinski definition) is 6. The highest BCUT2D eigenvalue weighted by Crippen LogP contribution is 2.34. The van der Waals surface area contributed by atoms with Crippen LogP contribution in [0.25, 0.3) is 11.0 Å². The van der Waals surface area contributed by atoms with E-state index in [1.165, 1.54) is 17.3 Å². The zero-order valence-corrected chi connectivity index (χ0v) is 17.0. The molecule has 0 bridgehead atoms. The Morgan fingerprint density at radius 1 is 1.38 bits per heavy atom. The number of fused-ring (bicyclic) bond motifs is 1. The molecule has 0 spiro atoms. The number of amides is 1. The number of carbonyl (C=O) groups is 1. The summed E-state index contributed by atoms with van der Waals surface area (Å²) in [5.74, 6) is -3.35. The van der Waals surface area contributed by atoms with E-state index in [0.29, 0.717) is 22.3 Å². The maximum absolute atomic E-state index is 14.4. The lowest BCUT2D eigenvalue weighted by molar-refractivity contribution is -0.123. The summed E-state index contributed by atoms with van der Waals surface area (Å²) in [6.07, 6.45) is 2.51. The number of aromatic nitrogens is 2. The monoisotopic (exact) mass is 424 g/mol. The normalized spacial score (nSPS) is 18.6.